The Morgan fingerprint density at radius 1 is 1.29 bits per heavy atom. The summed E-state index contributed by atoms with van der Waals surface area (Å²) in [7, 11) is 1.52. The van der Waals surface area contributed by atoms with Crippen LogP contribution >= 0.6 is 11.6 Å². The molecule has 1 atom stereocenters. The second-order valence-electron chi connectivity index (χ2n) is 5.79. The first kappa shape index (κ1) is 17.3. The Balaban J connectivity index is 3.04. The maximum Gasteiger partial charge on any atom is 0.408 e. The summed E-state index contributed by atoms with van der Waals surface area (Å²) >= 11 is 6.16. The predicted octanol–water partition coefficient (Wildman–Crippen LogP) is 3.29. The molecule has 0 fully saturated rings. The van der Waals surface area contributed by atoms with Crippen LogP contribution in [0.5, 0.6) is 5.75 Å². The molecule has 0 bridgehead atoms. The maximum atomic E-state index is 11.9. The molecule has 1 aromatic rings. The van der Waals surface area contributed by atoms with Gasteiger partial charge in [0.2, 0.25) is 0 Å². The Bertz CT molecular complexity index is 539. The van der Waals surface area contributed by atoms with Crippen LogP contribution in [0.15, 0.2) is 18.2 Å². The van der Waals surface area contributed by atoms with E-state index in [1.165, 1.54) is 7.11 Å². The van der Waals surface area contributed by atoms with Crippen LogP contribution in [-0.4, -0.2) is 25.1 Å². The van der Waals surface area contributed by atoms with E-state index in [9.17, 15) is 9.59 Å². The number of hydrogen-bond donors (Lipinski definition) is 1. The normalized spacial score (nSPS) is 14.0. The molecule has 0 spiro atoms. The standard InChI is InChI=1S/C15H20ClNO4/c1-14(2,3)21-13(19)17-15(4,9-18)11-7-6-10(20-5)8-12(11)16/h6-9H,1-5H3,(H,17,19). The van der Waals surface area contributed by atoms with Crippen molar-refractivity contribution in [2.45, 2.75) is 38.8 Å². The van der Waals surface area contributed by atoms with Gasteiger partial charge in [-0.15, -0.1) is 0 Å². The molecule has 0 saturated carbocycles. The van der Waals surface area contributed by atoms with Crippen molar-refractivity contribution in [3.63, 3.8) is 0 Å². The molecule has 1 unspecified atom stereocenters. The Hall–Kier alpha value is -1.75. The quantitative estimate of drug-likeness (QED) is 0.866. The van der Waals surface area contributed by atoms with Gasteiger partial charge in [-0.05, 0) is 39.8 Å². The largest absolute Gasteiger partial charge is 0.497 e. The van der Waals surface area contributed by atoms with Gasteiger partial charge in [0, 0.05) is 5.56 Å². The lowest BCUT2D eigenvalue weighted by atomic mass is 9.93. The van der Waals surface area contributed by atoms with Gasteiger partial charge in [-0.25, -0.2) is 4.79 Å². The first-order chi connectivity index (χ1) is 9.61. The van der Waals surface area contributed by atoms with E-state index in [1.807, 2.05) is 0 Å². The summed E-state index contributed by atoms with van der Waals surface area (Å²) in [4.78, 5) is 23.4. The number of aldehydes is 1. The minimum atomic E-state index is -1.29. The Morgan fingerprint density at radius 2 is 1.90 bits per heavy atom. The van der Waals surface area contributed by atoms with Gasteiger partial charge in [-0.1, -0.05) is 17.7 Å². The van der Waals surface area contributed by atoms with Gasteiger partial charge in [-0.3, -0.25) is 0 Å². The fraction of sp³-hybridized carbons (Fsp3) is 0.467. The number of rotatable bonds is 4. The van der Waals surface area contributed by atoms with E-state index in [2.05, 4.69) is 5.32 Å². The van der Waals surface area contributed by atoms with Crippen molar-refractivity contribution in [1.29, 1.82) is 0 Å². The number of carbonyl (C=O) groups is 2. The molecule has 0 radical (unpaired) electrons. The average molecular weight is 314 g/mol. The highest BCUT2D eigenvalue weighted by molar-refractivity contribution is 6.31. The van der Waals surface area contributed by atoms with Gasteiger partial charge in [0.05, 0.1) is 12.1 Å². The van der Waals surface area contributed by atoms with Crippen LogP contribution in [0.2, 0.25) is 5.02 Å². The molecule has 0 aliphatic rings. The summed E-state index contributed by atoms with van der Waals surface area (Å²) in [6.45, 7) is 6.78. The van der Waals surface area contributed by atoms with Crippen molar-refractivity contribution >= 4 is 24.0 Å². The van der Waals surface area contributed by atoms with Gasteiger partial charge in [0.15, 0.2) is 0 Å². The summed E-state index contributed by atoms with van der Waals surface area (Å²) in [5, 5.41) is 2.86. The van der Waals surface area contributed by atoms with Crippen molar-refractivity contribution in [2.75, 3.05) is 7.11 Å². The summed E-state index contributed by atoms with van der Waals surface area (Å²) in [5.41, 5.74) is -1.48. The summed E-state index contributed by atoms with van der Waals surface area (Å²) in [5.74, 6) is 0.564. The molecular weight excluding hydrogens is 294 g/mol. The monoisotopic (exact) mass is 313 g/mol. The average Bonchev–Trinajstić information content (AvgIpc) is 2.35. The third-order valence-corrected chi connectivity index (χ3v) is 3.04. The Labute approximate surface area is 129 Å². The van der Waals surface area contributed by atoms with Crippen LogP contribution < -0.4 is 10.1 Å². The second kappa shape index (κ2) is 6.35. The number of carbonyl (C=O) groups excluding carboxylic acids is 2. The van der Waals surface area contributed by atoms with Crippen molar-refractivity contribution in [3.8, 4) is 5.75 Å². The van der Waals surface area contributed by atoms with E-state index in [-0.39, 0.29) is 0 Å². The van der Waals surface area contributed by atoms with E-state index in [1.54, 1.807) is 45.9 Å². The van der Waals surface area contributed by atoms with Crippen molar-refractivity contribution in [3.05, 3.63) is 28.8 Å². The smallest absolute Gasteiger partial charge is 0.408 e. The lowest BCUT2D eigenvalue weighted by molar-refractivity contribution is -0.113. The van der Waals surface area contributed by atoms with E-state index >= 15 is 0 Å². The van der Waals surface area contributed by atoms with Crippen LogP contribution in [0.25, 0.3) is 0 Å². The lowest BCUT2D eigenvalue weighted by Gasteiger charge is -2.28. The van der Waals surface area contributed by atoms with Crippen LogP contribution in [-0.2, 0) is 15.1 Å². The molecule has 0 heterocycles. The fourth-order valence-electron chi connectivity index (χ4n) is 1.72. The molecule has 0 aliphatic heterocycles. The molecule has 0 aliphatic carbocycles. The number of halogens is 1. The van der Waals surface area contributed by atoms with Gasteiger partial charge < -0.3 is 19.6 Å². The second-order valence-corrected chi connectivity index (χ2v) is 6.20. The summed E-state index contributed by atoms with van der Waals surface area (Å²) in [6, 6.07) is 4.88. The molecule has 1 amide bonds. The molecule has 0 saturated heterocycles. The number of methoxy groups -OCH3 is 1. The van der Waals surface area contributed by atoms with E-state index in [0.717, 1.165) is 0 Å². The zero-order valence-electron chi connectivity index (χ0n) is 12.8. The number of ether oxygens (including phenoxy) is 2. The molecule has 1 rings (SSSR count). The number of nitrogens with one attached hydrogen (secondary N) is 1. The number of amides is 1. The Morgan fingerprint density at radius 3 is 2.33 bits per heavy atom. The predicted molar refractivity (Wildman–Crippen MR) is 80.8 cm³/mol. The lowest BCUT2D eigenvalue weighted by Crippen LogP contribution is -2.47. The highest BCUT2D eigenvalue weighted by atomic mass is 35.5. The summed E-state index contributed by atoms with van der Waals surface area (Å²) in [6.07, 6.45) is -0.0751. The highest BCUT2D eigenvalue weighted by Gasteiger charge is 2.32. The van der Waals surface area contributed by atoms with Gasteiger partial charge in [0.25, 0.3) is 0 Å². The first-order valence-electron chi connectivity index (χ1n) is 6.43. The zero-order chi connectivity index (χ0) is 16.3. The Kier molecular flexibility index (Phi) is 5.23. The SMILES string of the molecule is COc1ccc(C(C)(C=O)NC(=O)OC(C)(C)C)c(Cl)c1. The van der Waals surface area contributed by atoms with Crippen LogP contribution in [0, 0.1) is 0 Å². The molecule has 6 heteroatoms. The summed E-state index contributed by atoms with van der Waals surface area (Å²) < 4.78 is 10.2. The van der Waals surface area contributed by atoms with E-state index in [4.69, 9.17) is 21.1 Å². The zero-order valence-corrected chi connectivity index (χ0v) is 13.6. The third-order valence-electron chi connectivity index (χ3n) is 2.73. The van der Waals surface area contributed by atoms with Crippen LogP contribution in [0.3, 0.4) is 0 Å². The number of hydrogen-bond acceptors (Lipinski definition) is 4. The topological polar surface area (TPSA) is 64.6 Å². The van der Waals surface area contributed by atoms with E-state index in [0.29, 0.717) is 22.6 Å². The fourth-order valence-corrected chi connectivity index (χ4v) is 2.09. The molecule has 21 heavy (non-hydrogen) atoms. The minimum absolute atomic E-state index is 0.319. The van der Waals surface area contributed by atoms with Crippen LogP contribution in [0.1, 0.15) is 33.3 Å². The first-order valence-corrected chi connectivity index (χ1v) is 6.80. The van der Waals surface area contributed by atoms with Gasteiger partial charge >= 0.3 is 6.09 Å². The van der Waals surface area contributed by atoms with Crippen molar-refractivity contribution in [2.24, 2.45) is 0 Å². The third kappa shape index (κ3) is 4.63. The minimum Gasteiger partial charge on any atom is -0.497 e. The van der Waals surface area contributed by atoms with Gasteiger partial charge in [-0.2, -0.15) is 0 Å². The number of benzene rings is 1. The van der Waals surface area contributed by atoms with E-state index < -0.39 is 17.2 Å². The van der Waals surface area contributed by atoms with Gasteiger partial charge in [0.1, 0.15) is 23.2 Å². The molecule has 1 aromatic carbocycles. The highest BCUT2D eigenvalue weighted by Crippen LogP contribution is 2.30. The molecule has 1 N–H and O–H groups in total. The molecule has 5 nitrogen and oxygen atoms in total. The molecule has 0 aromatic heterocycles. The maximum absolute atomic E-state index is 11.9. The van der Waals surface area contributed by atoms with Crippen LogP contribution in [0.4, 0.5) is 4.79 Å². The molecular formula is C15H20ClNO4. The number of alkyl carbamates (subject to hydrolysis) is 1. The molecule has 116 valence electrons. The van der Waals surface area contributed by atoms with Crippen molar-refractivity contribution in [1.82, 2.24) is 5.32 Å². The van der Waals surface area contributed by atoms with Crippen molar-refractivity contribution < 1.29 is 19.1 Å².